The Hall–Kier alpha value is -7.26. The molecule has 8 rings (SSSR count). The van der Waals surface area contributed by atoms with Gasteiger partial charge in [0.15, 0.2) is 21.8 Å². The van der Waals surface area contributed by atoms with Crippen LogP contribution in [0.4, 0.5) is 21.6 Å². The van der Waals surface area contributed by atoms with Gasteiger partial charge in [-0.15, -0.1) is 22.7 Å². The van der Waals surface area contributed by atoms with Crippen molar-refractivity contribution in [3.05, 3.63) is 141 Å². The van der Waals surface area contributed by atoms with Gasteiger partial charge < -0.3 is 31.1 Å². The van der Waals surface area contributed by atoms with Crippen molar-refractivity contribution in [2.75, 3.05) is 20.1 Å². The third-order valence-electron chi connectivity index (χ3n) is 11.4. The Morgan fingerprint density at radius 3 is 1.22 bits per heavy atom. The molecule has 2 aromatic heterocycles. The number of hydrogen-bond donors (Lipinski definition) is 8. The van der Waals surface area contributed by atoms with E-state index < -0.39 is 54.6 Å². The number of nitrogens with zero attached hydrogens (tertiary/aromatic N) is 2. The number of aliphatic hydroxyl groups is 2. The van der Waals surface area contributed by atoms with E-state index in [0.717, 1.165) is 22.7 Å². The SMILES string of the molecule is Cc1cc2c(c(O)c1-c1c(C)cc3c(c1O)C(=CNc1ccc(S(=O)(=O)Nc4nccs4)cc1)C(=O)C(O)=C3C(C)C)C(=CNc1ccc(S(=O)(=O)Nc3nccs3)cc1)C(=O)C(O)=C2C(C)C. The maximum atomic E-state index is 14.1. The number of rotatable bonds is 13. The predicted octanol–water partition coefficient (Wildman–Crippen LogP) is 9.82. The van der Waals surface area contributed by atoms with Crippen molar-refractivity contribution in [2.24, 2.45) is 11.8 Å². The van der Waals surface area contributed by atoms with Gasteiger partial charge in [0.05, 0.1) is 20.9 Å². The van der Waals surface area contributed by atoms with Crippen LogP contribution >= 0.6 is 22.7 Å². The molecule has 68 heavy (non-hydrogen) atoms. The lowest BCUT2D eigenvalue weighted by Crippen LogP contribution is -2.20. The number of ketones is 2. The molecule has 0 atom stereocenters. The van der Waals surface area contributed by atoms with Gasteiger partial charge >= 0.3 is 0 Å². The van der Waals surface area contributed by atoms with E-state index in [9.17, 15) is 46.9 Å². The molecule has 0 amide bonds. The van der Waals surface area contributed by atoms with Crippen molar-refractivity contribution >= 4 is 98.2 Å². The standard InChI is InChI=1S/C48H44N6O10S4/c1-23(2)35-31-19-25(5)37(43(57)39(31)33(41(55)45(35)59)21-51-27-7-11-29(12-8-27)67(61,62)53-47-49-15-17-65-47)38-26(6)20-32-36(24(3)4)46(60)42(56)34(40(32)44(38)58)22-52-28-9-13-30(14-10-28)68(63,64)54-48-50-16-18-66-48/h7-24,51-52,57-60H,1-6H3,(H,49,53)(H,50,54). The Kier molecular flexibility index (Phi) is 12.6. The highest BCUT2D eigenvalue weighted by Crippen LogP contribution is 2.53. The highest BCUT2D eigenvalue weighted by Gasteiger charge is 2.38. The van der Waals surface area contributed by atoms with Crippen molar-refractivity contribution in [1.82, 2.24) is 9.97 Å². The number of aliphatic hydroxyl groups excluding tert-OH is 2. The molecule has 2 aliphatic rings. The third kappa shape index (κ3) is 8.62. The van der Waals surface area contributed by atoms with Crippen LogP contribution in [0.5, 0.6) is 11.5 Å². The smallest absolute Gasteiger partial charge is 0.263 e. The zero-order valence-electron chi connectivity index (χ0n) is 37.2. The van der Waals surface area contributed by atoms with Crippen LogP contribution in [-0.4, -0.2) is 58.8 Å². The number of hydrogen-bond acceptors (Lipinski definition) is 16. The maximum Gasteiger partial charge on any atom is 0.263 e. The Labute approximate surface area is 399 Å². The van der Waals surface area contributed by atoms with Crippen LogP contribution in [0.25, 0.3) is 33.4 Å². The number of benzene rings is 4. The second-order valence-electron chi connectivity index (χ2n) is 16.5. The number of aryl methyl sites for hydroxylation is 2. The monoisotopic (exact) mass is 992 g/mol. The lowest BCUT2D eigenvalue weighted by molar-refractivity contribution is -0.113. The number of aromatic nitrogens is 2. The average molecular weight is 993 g/mol. The van der Waals surface area contributed by atoms with E-state index >= 15 is 0 Å². The van der Waals surface area contributed by atoms with E-state index in [2.05, 4.69) is 30.0 Å². The first-order chi connectivity index (χ1) is 32.2. The number of anilines is 4. The summed E-state index contributed by atoms with van der Waals surface area (Å²) in [5.41, 5.74) is 3.01. The largest absolute Gasteiger partial charge is 0.507 e. The maximum absolute atomic E-state index is 14.1. The fourth-order valence-corrected chi connectivity index (χ4v) is 11.9. The molecule has 0 radical (unpaired) electrons. The highest BCUT2D eigenvalue weighted by atomic mass is 32.2. The predicted molar refractivity (Wildman–Crippen MR) is 265 cm³/mol. The summed E-state index contributed by atoms with van der Waals surface area (Å²) in [6.45, 7) is 10.6. The van der Waals surface area contributed by atoms with Crippen molar-refractivity contribution in [3.63, 3.8) is 0 Å². The number of phenolic OH excluding ortho intramolecular Hbond substituents is 2. The fourth-order valence-electron chi connectivity index (χ4n) is 8.29. The van der Waals surface area contributed by atoms with E-state index in [1.165, 1.54) is 73.3 Å². The summed E-state index contributed by atoms with van der Waals surface area (Å²) in [6, 6.07) is 14.8. The van der Waals surface area contributed by atoms with Crippen molar-refractivity contribution in [1.29, 1.82) is 0 Å². The molecule has 0 bridgehead atoms. The molecule has 4 aromatic carbocycles. The molecule has 8 N–H and O–H groups in total. The molecule has 0 aliphatic heterocycles. The first kappa shape index (κ1) is 47.2. The van der Waals surface area contributed by atoms with Gasteiger partial charge in [-0.05, 0) is 96.5 Å². The van der Waals surface area contributed by atoms with Gasteiger partial charge in [0.1, 0.15) is 11.5 Å². The van der Waals surface area contributed by atoms with Crippen molar-refractivity contribution in [3.8, 4) is 22.6 Å². The third-order valence-corrected chi connectivity index (χ3v) is 15.7. The summed E-state index contributed by atoms with van der Waals surface area (Å²) in [4.78, 5) is 36.1. The summed E-state index contributed by atoms with van der Waals surface area (Å²) < 4.78 is 56.7. The summed E-state index contributed by atoms with van der Waals surface area (Å²) >= 11 is 2.24. The van der Waals surface area contributed by atoms with E-state index in [4.69, 9.17) is 0 Å². The molecular formula is C48H44N6O10S4. The number of Topliss-reactive ketones (excluding diaryl/α,β-unsaturated/α-hetero) is 2. The second kappa shape index (κ2) is 18.1. The Balaban J connectivity index is 1.22. The van der Waals surface area contributed by atoms with Gasteiger partial charge in [0.2, 0.25) is 11.6 Å². The second-order valence-corrected chi connectivity index (χ2v) is 21.7. The molecule has 2 heterocycles. The van der Waals surface area contributed by atoms with E-state index in [1.54, 1.807) is 64.4 Å². The van der Waals surface area contributed by atoms with Gasteiger partial charge in [-0.25, -0.2) is 26.8 Å². The topological polar surface area (TPSA) is 257 Å². The number of allylic oxidation sites excluding steroid dienone is 4. The molecule has 6 aromatic rings. The van der Waals surface area contributed by atoms with Crippen LogP contribution in [0.2, 0.25) is 0 Å². The van der Waals surface area contributed by atoms with Crippen molar-refractivity contribution < 1.29 is 46.9 Å². The number of thiazole rings is 2. The highest BCUT2D eigenvalue weighted by molar-refractivity contribution is 7.93. The van der Waals surface area contributed by atoms with Gasteiger partial charge in [0, 0.05) is 80.3 Å². The van der Waals surface area contributed by atoms with Crippen molar-refractivity contribution in [2.45, 2.75) is 51.3 Å². The molecule has 0 fully saturated rings. The molecule has 0 saturated heterocycles. The minimum atomic E-state index is -3.96. The lowest BCUT2D eigenvalue weighted by atomic mass is 9.75. The molecule has 2 aliphatic carbocycles. The minimum Gasteiger partial charge on any atom is -0.507 e. The molecule has 0 unspecified atom stereocenters. The zero-order chi connectivity index (χ0) is 49.0. The van der Waals surface area contributed by atoms with E-state index in [0.29, 0.717) is 33.6 Å². The molecule has 16 nitrogen and oxygen atoms in total. The van der Waals surface area contributed by atoms with Crippen LogP contribution in [0, 0.1) is 25.7 Å². The first-order valence-electron chi connectivity index (χ1n) is 20.9. The average Bonchev–Trinajstić information content (AvgIpc) is 4.00. The Morgan fingerprint density at radius 2 is 0.912 bits per heavy atom. The van der Waals surface area contributed by atoms with E-state index in [-0.39, 0.29) is 76.4 Å². The van der Waals surface area contributed by atoms with Gasteiger partial charge in [-0.1, -0.05) is 39.8 Å². The Morgan fingerprint density at radius 1 is 0.559 bits per heavy atom. The number of aromatic hydroxyl groups is 2. The zero-order valence-corrected chi connectivity index (χ0v) is 40.4. The minimum absolute atomic E-state index is 0.0463. The summed E-state index contributed by atoms with van der Waals surface area (Å²) in [5.74, 6) is -4.24. The summed E-state index contributed by atoms with van der Waals surface area (Å²) in [7, 11) is -7.92. The fraction of sp³-hybridized carbons (Fsp3) is 0.167. The number of sulfonamides is 2. The first-order valence-corrected chi connectivity index (χ1v) is 25.6. The van der Waals surface area contributed by atoms with Crippen LogP contribution in [-0.2, 0) is 29.6 Å². The number of carbonyl (C=O) groups is 2. The summed E-state index contributed by atoms with van der Waals surface area (Å²) in [5, 5.41) is 57.5. The molecule has 20 heteroatoms. The quantitative estimate of drug-likeness (QED) is 0.0501. The summed E-state index contributed by atoms with van der Waals surface area (Å²) in [6.07, 6.45) is 5.55. The normalized spacial score (nSPS) is 15.4. The lowest BCUT2D eigenvalue weighted by Gasteiger charge is -2.29. The van der Waals surface area contributed by atoms with Crippen LogP contribution < -0.4 is 20.1 Å². The number of phenols is 2. The Bertz CT molecular complexity index is 3170. The van der Waals surface area contributed by atoms with Crippen LogP contribution in [0.1, 0.15) is 61.1 Å². The molecule has 0 saturated carbocycles. The van der Waals surface area contributed by atoms with Crippen LogP contribution in [0.3, 0.4) is 0 Å². The van der Waals surface area contributed by atoms with E-state index in [1.807, 2.05) is 0 Å². The number of fused-ring (bicyclic) bond motifs is 2. The van der Waals surface area contributed by atoms with Gasteiger partial charge in [0.25, 0.3) is 20.0 Å². The molecular weight excluding hydrogens is 949 g/mol. The molecule has 0 spiro atoms. The van der Waals surface area contributed by atoms with Gasteiger partial charge in [-0.2, -0.15) is 0 Å². The number of nitrogens with one attached hydrogen (secondary N) is 4. The van der Waals surface area contributed by atoms with Crippen LogP contribution in [0.15, 0.2) is 118 Å². The molecule has 350 valence electrons. The number of carbonyl (C=O) groups excluding carboxylic acids is 2. The van der Waals surface area contributed by atoms with Gasteiger partial charge in [-0.3, -0.25) is 19.0 Å².